The highest BCUT2D eigenvalue weighted by atomic mass is 35.5. The van der Waals surface area contributed by atoms with E-state index in [2.05, 4.69) is 30.4 Å². The van der Waals surface area contributed by atoms with Crippen molar-refractivity contribution < 1.29 is 4.74 Å². The molecule has 0 aliphatic carbocycles. The summed E-state index contributed by atoms with van der Waals surface area (Å²) in [7, 11) is 0. The molecule has 3 heteroatoms. The molecular formula is C12H16ClNO. The molecule has 2 aliphatic rings. The van der Waals surface area contributed by atoms with Gasteiger partial charge >= 0.3 is 0 Å². The SMILES string of the molecule is Cc1ccc2c(c1)[C@@H]1CNC[C@@H]1OC2.Cl. The molecule has 1 aromatic carbocycles. The van der Waals surface area contributed by atoms with E-state index in [0.717, 1.165) is 19.7 Å². The monoisotopic (exact) mass is 225 g/mol. The molecule has 82 valence electrons. The van der Waals surface area contributed by atoms with Crippen LogP contribution in [0, 0.1) is 6.92 Å². The highest BCUT2D eigenvalue weighted by molar-refractivity contribution is 5.85. The average Bonchev–Trinajstić information content (AvgIpc) is 2.65. The van der Waals surface area contributed by atoms with Crippen LogP contribution in [0.25, 0.3) is 0 Å². The third-order valence-electron chi connectivity index (χ3n) is 3.31. The van der Waals surface area contributed by atoms with Gasteiger partial charge in [-0.3, -0.25) is 0 Å². The first-order valence-corrected chi connectivity index (χ1v) is 5.26. The molecule has 3 rings (SSSR count). The van der Waals surface area contributed by atoms with Crippen molar-refractivity contribution in [2.45, 2.75) is 25.6 Å². The van der Waals surface area contributed by atoms with Crippen LogP contribution in [-0.4, -0.2) is 19.2 Å². The predicted octanol–water partition coefficient (Wildman–Crippen LogP) is 2.00. The van der Waals surface area contributed by atoms with Crippen molar-refractivity contribution in [2.24, 2.45) is 0 Å². The van der Waals surface area contributed by atoms with Gasteiger partial charge in [-0.25, -0.2) is 0 Å². The molecule has 1 aromatic rings. The van der Waals surface area contributed by atoms with Crippen LogP contribution in [0.3, 0.4) is 0 Å². The topological polar surface area (TPSA) is 21.3 Å². The Morgan fingerprint density at radius 2 is 2.20 bits per heavy atom. The Labute approximate surface area is 96.4 Å². The molecule has 0 unspecified atom stereocenters. The largest absolute Gasteiger partial charge is 0.372 e. The lowest BCUT2D eigenvalue weighted by Gasteiger charge is -2.28. The maximum absolute atomic E-state index is 5.81. The lowest BCUT2D eigenvalue weighted by atomic mass is 9.88. The van der Waals surface area contributed by atoms with Gasteiger partial charge < -0.3 is 10.1 Å². The number of hydrogen-bond acceptors (Lipinski definition) is 2. The molecule has 0 amide bonds. The number of ether oxygens (including phenoxy) is 1. The summed E-state index contributed by atoms with van der Waals surface area (Å²) in [6.45, 7) is 5.03. The number of halogens is 1. The van der Waals surface area contributed by atoms with Crippen molar-refractivity contribution >= 4 is 12.4 Å². The summed E-state index contributed by atoms with van der Waals surface area (Å²) < 4.78 is 5.81. The van der Waals surface area contributed by atoms with Gasteiger partial charge in [0.15, 0.2) is 0 Å². The lowest BCUT2D eigenvalue weighted by molar-refractivity contribution is 0.0299. The van der Waals surface area contributed by atoms with Crippen molar-refractivity contribution in [2.75, 3.05) is 13.1 Å². The summed E-state index contributed by atoms with van der Waals surface area (Å²) in [5.74, 6) is 0.582. The Morgan fingerprint density at radius 1 is 1.33 bits per heavy atom. The fourth-order valence-electron chi connectivity index (χ4n) is 2.53. The molecule has 2 heterocycles. The van der Waals surface area contributed by atoms with E-state index in [0.29, 0.717) is 12.0 Å². The Kier molecular flexibility index (Phi) is 3.01. The van der Waals surface area contributed by atoms with E-state index in [4.69, 9.17) is 4.74 Å². The molecule has 15 heavy (non-hydrogen) atoms. The van der Waals surface area contributed by atoms with Crippen LogP contribution in [0.15, 0.2) is 18.2 Å². The van der Waals surface area contributed by atoms with Crippen LogP contribution in [0.1, 0.15) is 22.6 Å². The minimum absolute atomic E-state index is 0. The first-order valence-electron chi connectivity index (χ1n) is 5.26. The van der Waals surface area contributed by atoms with E-state index in [1.54, 1.807) is 0 Å². The van der Waals surface area contributed by atoms with Crippen LogP contribution in [0.5, 0.6) is 0 Å². The highest BCUT2D eigenvalue weighted by Gasteiger charge is 2.33. The molecule has 0 saturated carbocycles. The molecule has 0 bridgehead atoms. The molecule has 1 saturated heterocycles. The predicted molar refractivity (Wildman–Crippen MR) is 62.6 cm³/mol. The number of rotatable bonds is 0. The fourth-order valence-corrected chi connectivity index (χ4v) is 2.53. The third kappa shape index (κ3) is 1.78. The fraction of sp³-hybridized carbons (Fsp3) is 0.500. The van der Waals surface area contributed by atoms with Crippen molar-refractivity contribution in [1.29, 1.82) is 0 Å². The summed E-state index contributed by atoms with van der Waals surface area (Å²) >= 11 is 0. The van der Waals surface area contributed by atoms with Gasteiger partial charge in [0.25, 0.3) is 0 Å². The number of nitrogens with one attached hydrogen (secondary N) is 1. The highest BCUT2D eigenvalue weighted by Crippen LogP contribution is 2.33. The molecule has 0 aromatic heterocycles. The van der Waals surface area contributed by atoms with Crippen LogP contribution in [0.4, 0.5) is 0 Å². The van der Waals surface area contributed by atoms with Gasteiger partial charge in [-0.1, -0.05) is 23.8 Å². The maximum atomic E-state index is 5.81. The molecule has 1 N–H and O–H groups in total. The maximum Gasteiger partial charge on any atom is 0.0784 e. The van der Waals surface area contributed by atoms with Crippen LogP contribution < -0.4 is 5.32 Å². The quantitative estimate of drug-likeness (QED) is 0.730. The minimum Gasteiger partial charge on any atom is -0.372 e. The van der Waals surface area contributed by atoms with Crippen LogP contribution in [-0.2, 0) is 11.3 Å². The summed E-state index contributed by atoms with van der Waals surface area (Å²) in [5.41, 5.74) is 4.24. The summed E-state index contributed by atoms with van der Waals surface area (Å²) in [6, 6.07) is 6.70. The average molecular weight is 226 g/mol. The number of aryl methyl sites for hydroxylation is 1. The van der Waals surface area contributed by atoms with Crippen LogP contribution in [0.2, 0.25) is 0 Å². The van der Waals surface area contributed by atoms with Gasteiger partial charge in [0, 0.05) is 19.0 Å². The first-order chi connectivity index (χ1) is 6.84. The lowest BCUT2D eigenvalue weighted by Crippen LogP contribution is -2.26. The Hall–Kier alpha value is -0.570. The molecule has 2 aliphatic heterocycles. The second-order valence-corrected chi connectivity index (χ2v) is 4.32. The Bertz CT molecular complexity index is 367. The zero-order valence-electron chi connectivity index (χ0n) is 8.82. The van der Waals surface area contributed by atoms with Gasteiger partial charge in [-0.2, -0.15) is 0 Å². The van der Waals surface area contributed by atoms with Gasteiger partial charge in [0.1, 0.15) is 0 Å². The van der Waals surface area contributed by atoms with Gasteiger partial charge in [-0.05, 0) is 18.1 Å². The van der Waals surface area contributed by atoms with Gasteiger partial charge in [0.2, 0.25) is 0 Å². The second-order valence-electron chi connectivity index (χ2n) is 4.32. The van der Waals surface area contributed by atoms with Crippen LogP contribution >= 0.6 is 12.4 Å². The molecule has 1 fully saturated rings. The number of fused-ring (bicyclic) bond motifs is 3. The summed E-state index contributed by atoms with van der Waals surface area (Å²) in [6.07, 6.45) is 0.407. The smallest absolute Gasteiger partial charge is 0.0784 e. The third-order valence-corrected chi connectivity index (χ3v) is 3.31. The first kappa shape index (κ1) is 10.9. The molecule has 2 atom stereocenters. The number of hydrogen-bond donors (Lipinski definition) is 1. The molecule has 0 spiro atoms. The van der Waals surface area contributed by atoms with Crippen molar-refractivity contribution in [3.05, 3.63) is 34.9 Å². The minimum atomic E-state index is 0. The van der Waals surface area contributed by atoms with E-state index in [9.17, 15) is 0 Å². The number of benzene rings is 1. The summed E-state index contributed by atoms with van der Waals surface area (Å²) in [4.78, 5) is 0. The van der Waals surface area contributed by atoms with E-state index in [-0.39, 0.29) is 12.4 Å². The molecule has 0 radical (unpaired) electrons. The van der Waals surface area contributed by atoms with Crippen molar-refractivity contribution in [1.82, 2.24) is 5.32 Å². The van der Waals surface area contributed by atoms with E-state index in [1.807, 2.05) is 0 Å². The van der Waals surface area contributed by atoms with E-state index >= 15 is 0 Å². The standard InChI is InChI=1S/C12H15NO.ClH/c1-8-2-3-9-7-14-12-6-13-5-11(12)10(9)4-8;/h2-4,11-13H,5-7H2,1H3;1H/t11-,12-;/m0./s1. The van der Waals surface area contributed by atoms with Gasteiger partial charge in [-0.15, -0.1) is 12.4 Å². The van der Waals surface area contributed by atoms with E-state index < -0.39 is 0 Å². The normalized spacial score (nSPS) is 27.8. The zero-order chi connectivity index (χ0) is 9.54. The second kappa shape index (κ2) is 4.12. The van der Waals surface area contributed by atoms with Gasteiger partial charge in [0.05, 0.1) is 12.7 Å². The Balaban J connectivity index is 0.000000853. The molecule has 2 nitrogen and oxygen atoms in total. The molecular weight excluding hydrogens is 210 g/mol. The summed E-state index contributed by atoms with van der Waals surface area (Å²) in [5, 5.41) is 3.40. The Morgan fingerprint density at radius 3 is 3.07 bits per heavy atom. The van der Waals surface area contributed by atoms with Crippen molar-refractivity contribution in [3.63, 3.8) is 0 Å². The van der Waals surface area contributed by atoms with E-state index in [1.165, 1.54) is 16.7 Å². The van der Waals surface area contributed by atoms with Crippen molar-refractivity contribution in [3.8, 4) is 0 Å². The zero-order valence-corrected chi connectivity index (χ0v) is 9.64.